The first-order valence-corrected chi connectivity index (χ1v) is 10.3. The lowest BCUT2D eigenvalue weighted by Gasteiger charge is -1.99. The number of nitrogens with zero attached hydrogens (tertiary/aromatic N) is 4. The third kappa shape index (κ3) is 4.07. The van der Waals surface area contributed by atoms with Crippen molar-refractivity contribution in [3.8, 4) is 11.3 Å². The average molecular weight is 362 g/mol. The van der Waals surface area contributed by atoms with Crippen LogP contribution >= 0.6 is 11.3 Å². The Bertz CT molecular complexity index is 927. The number of benzene rings is 1. The van der Waals surface area contributed by atoms with Crippen molar-refractivity contribution in [3.63, 3.8) is 0 Å². The minimum Gasteiger partial charge on any atom is -0.253 e. The highest BCUT2D eigenvalue weighted by atomic mass is 32.2. The highest BCUT2D eigenvalue weighted by Gasteiger charge is 2.18. The molecule has 2 heterocycles. The fourth-order valence-corrected chi connectivity index (χ4v) is 4.78. The maximum absolute atomic E-state index is 12.3. The molecule has 0 unspecified atom stereocenters. The Morgan fingerprint density at radius 3 is 2.58 bits per heavy atom. The van der Waals surface area contributed by atoms with Gasteiger partial charge in [0.1, 0.15) is 10.8 Å². The number of sulfone groups is 1. The Kier molecular flexibility index (Phi) is 4.77. The van der Waals surface area contributed by atoms with Crippen molar-refractivity contribution in [2.75, 3.05) is 0 Å². The van der Waals surface area contributed by atoms with Crippen molar-refractivity contribution in [1.82, 2.24) is 20.0 Å². The van der Waals surface area contributed by atoms with Crippen molar-refractivity contribution in [3.05, 3.63) is 52.1 Å². The van der Waals surface area contributed by atoms with Gasteiger partial charge >= 0.3 is 0 Å². The summed E-state index contributed by atoms with van der Waals surface area (Å²) in [4.78, 5) is 4.46. The molecule has 0 bridgehead atoms. The standard InChI is InChI=1S/C16H18N4O2S2/c1-3-20-8-14(18-19-20)10-24(21,22)11-16-17-15(9-23-16)13-6-4-12(2)5-7-13/h4-9H,3,10-11H2,1-2H3. The van der Waals surface area contributed by atoms with E-state index in [1.807, 2.05) is 43.5 Å². The Morgan fingerprint density at radius 1 is 1.17 bits per heavy atom. The van der Waals surface area contributed by atoms with Crippen LogP contribution in [-0.4, -0.2) is 28.4 Å². The van der Waals surface area contributed by atoms with E-state index in [1.54, 1.807) is 10.9 Å². The molecule has 3 rings (SSSR count). The van der Waals surface area contributed by atoms with E-state index in [1.165, 1.54) is 16.9 Å². The van der Waals surface area contributed by atoms with Crippen LogP contribution in [0.25, 0.3) is 11.3 Å². The van der Waals surface area contributed by atoms with Crippen LogP contribution in [0, 0.1) is 6.92 Å². The summed E-state index contributed by atoms with van der Waals surface area (Å²) in [6.45, 7) is 4.62. The van der Waals surface area contributed by atoms with Crippen LogP contribution < -0.4 is 0 Å². The van der Waals surface area contributed by atoms with Crippen LogP contribution in [0.2, 0.25) is 0 Å². The largest absolute Gasteiger partial charge is 0.253 e. The van der Waals surface area contributed by atoms with Crippen LogP contribution in [0.15, 0.2) is 35.8 Å². The fraction of sp³-hybridized carbons (Fsp3) is 0.312. The lowest BCUT2D eigenvalue weighted by Crippen LogP contribution is -2.08. The molecule has 3 aromatic rings. The second-order valence-electron chi connectivity index (χ2n) is 5.59. The molecular weight excluding hydrogens is 344 g/mol. The molecule has 24 heavy (non-hydrogen) atoms. The van der Waals surface area contributed by atoms with Crippen LogP contribution in [0.4, 0.5) is 0 Å². The van der Waals surface area contributed by atoms with Crippen molar-refractivity contribution in [2.45, 2.75) is 31.9 Å². The maximum atomic E-state index is 12.3. The Balaban J connectivity index is 1.72. The van der Waals surface area contributed by atoms with Crippen molar-refractivity contribution < 1.29 is 8.42 Å². The molecule has 2 aromatic heterocycles. The Morgan fingerprint density at radius 2 is 1.92 bits per heavy atom. The molecule has 6 nitrogen and oxygen atoms in total. The summed E-state index contributed by atoms with van der Waals surface area (Å²) >= 11 is 1.36. The molecular formula is C16H18N4O2S2. The first kappa shape index (κ1) is 16.8. The van der Waals surface area contributed by atoms with Crippen molar-refractivity contribution in [2.24, 2.45) is 0 Å². The molecule has 0 amide bonds. The second kappa shape index (κ2) is 6.82. The van der Waals surface area contributed by atoms with E-state index in [0.717, 1.165) is 11.3 Å². The second-order valence-corrected chi connectivity index (χ2v) is 8.60. The van der Waals surface area contributed by atoms with Gasteiger partial charge in [-0.1, -0.05) is 35.0 Å². The van der Waals surface area contributed by atoms with Gasteiger partial charge in [0.05, 0.1) is 17.1 Å². The average Bonchev–Trinajstić information content (AvgIpc) is 3.16. The summed E-state index contributed by atoms with van der Waals surface area (Å²) in [7, 11) is -3.33. The zero-order valence-corrected chi connectivity index (χ0v) is 15.1. The van der Waals surface area contributed by atoms with Crippen molar-refractivity contribution in [1.29, 1.82) is 0 Å². The first-order valence-electron chi connectivity index (χ1n) is 7.56. The number of rotatable bonds is 6. The molecule has 0 atom stereocenters. The van der Waals surface area contributed by atoms with Gasteiger partial charge in [0.15, 0.2) is 9.84 Å². The summed E-state index contributed by atoms with van der Waals surface area (Å²) in [6.07, 6.45) is 1.66. The zero-order chi connectivity index (χ0) is 17.2. The van der Waals surface area contributed by atoms with Gasteiger partial charge in [-0.05, 0) is 13.8 Å². The zero-order valence-electron chi connectivity index (χ0n) is 13.5. The van der Waals surface area contributed by atoms with Gasteiger partial charge in [-0.15, -0.1) is 16.4 Å². The Hall–Kier alpha value is -2.06. The van der Waals surface area contributed by atoms with E-state index >= 15 is 0 Å². The van der Waals surface area contributed by atoms with Gasteiger partial charge in [-0.2, -0.15) is 0 Å². The summed E-state index contributed by atoms with van der Waals surface area (Å²) < 4.78 is 26.3. The molecule has 8 heteroatoms. The van der Waals surface area contributed by atoms with Gasteiger partial charge in [0.2, 0.25) is 0 Å². The van der Waals surface area contributed by atoms with Gasteiger partial charge in [0, 0.05) is 23.7 Å². The topological polar surface area (TPSA) is 77.7 Å². The molecule has 0 saturated heterocycles. The molecule has 0 aliphatic heterocycles. The summed E-state index contributed by atoms with van der Waals surface area (Å²) in [5.74, 6) is -0.199. The molecule has 0 radical (unpaired) electrons. The molecule has 0 N–H and O–H groups in total. The molecule has 0 spiro atoms. The summed E-state index contributed by atoms with van der Waals surface area (Å²) in [6, 6.07) is 8.02. The van der Waals surface area contributed by atoms with Crippen LogP contribution in [0.1, 0.15) is 23.2 Å². The molecule has 0 aliphatic rings. The van der Waals surface area contributed by atoms with E-state index in [9.17, 15) is 8.42 Å². The smallest absolute Gasteiger partial charge is 0.162 e. The van der Waals surface area contributed by atoms with Gasteiger partial charge in [-0.3, -0.25) is 4.68 Å². The third-order valence-electron chi connectivity index (χ3n) is 3.52. The van der Waals surface area contributed by atoms with Gasteiger partial charge in [-0.25, -0.2) is 13.4 Å². The van der Waals surface area contributed by atoms with E-state index in [4.69, 9.17) is 0 Å². The molecule has 0 saturated carbocycles. The molecule has 0 fully saturated rings. The van der Waals surface area contributed by atoms with Crippen LogP contribution in [-0.2, 0) is 27.9 Å². The normalized spacial score (nSPS) is 11.8. The maximum Gasteiger partial charge on any atom is 0.162 e. The van der Waals surface area contributed by atoms with Crippen LogP contribution in [0.5, 0.6) is 0 Å². The first-order chi connectivity index (χ1) is 11.4. The SMILES string of the molecule is CCn1cc(CS(=O)(=O)Cc2nc(-c3ccc(C)cc3)cs2)nn1. The molecule has 126 valence electrons. The highest BCUT2D eigenvalue weighted by molar-refractivity contribution is 7.89. The highest BCUT2D eigenvalue weighted by Crippen LogP contribution is 2.24. The molecule has 0 aliphatic carbocycles. The van der Waals surface area contributed by atoms with E-state index in [0.29, 0.717) is 17.2 Å². The van der Waals surface area contributed by atoms with E-state index in [-0.39, 0.29) is 11.5 Å². The summed E-state index contributed by atoms with van der Waals surface area (Å²) in [5.41, 5.74) is 3.44. The monoisotopic (exact) mass is 362 g/mol. The van der Waals surface area contributed by atoms with Crippen molar-refractivity contribution >= 4 is 21.2 Å². The summed E-state index contributed by atoms with van der Waals surface area (Å²) in [5, 5.41) is 10.2. The van der Waals surface area contributed by atoms with Crippen LogP contribution in [0.3, 0.4) is 0 Å². The van der Waals surface area contributed by atoms with E-state index in [2.05, 4.69) is 15.3 Å². The third-order valence-corrected chi connectivity index (χ3v) is 6.00. The minimum absolute atomic E-state index is 0.0808. The lowest BCUT2D eigenvalue weighted by molar-refractivity contribution is 0.593. The number of thiazole rings is 1. The predicted molar refractivity (Wildman–Crippen MR) is 94.3 cm³/mol. The van der Waals surface area contributed by atoms with Gasteiger partial charge < -0.3 is 0 Å². The fourth-order valence-electron chi connectivity index (χ4n) is 2.26. The predicted octanol–water partition coefficient (Wildman–Crippen LogP) is 2.84. The number of aromatic nitrogens is 4. The van der Waals surface area contributed by atoms with E-state index < -0.39 is 9.84 Å². The number of hydrogen-bond donors (Lipinski definition) is 0. The number of hydrogen-bond acceptors (Lipinski definition) is 6. The van der Waals surface area contributed by atoms with Gasteiger partial charge in [0.25, 0.3) is 0 Å². The minimum atomic E-state index is -3.33. The number of aryl methyl sites for hydroxylation is 2. The quantitative estimate of drug-likeness (QED) is 0.674. The lowest BCUT2D eigenvalue weighted by atomic mass is 10.1. The molecule has 1 aromatic carbocycles. The Labute approximate surface area is 145 Å².